The summed E-state index contributed by atoms with van der Waals surface area (Å²) in [6.45, 7) is 4.05. The van der Waals surface area contributed by atoms with Crippen LogP contribution in [0.15, 0.2) is 47.8 Å². The summed E-state index contributed by atoms with van der Waals surface area (Å²) in [4.78, 5) is 34.7. The number of amides is 2. The lowest BCUT2D eigenvalue weighted by atomic mass is 9.94. The Bertz CT molecular complexity index is 1400. The van der Waals surface area contributed by atoms with Crippen LogP contribution in [-0.2, 0) is 12.8 Å². The Kier molecular flexibility index (Phi) is 8.88. The predicted molar refractivity (Wildman–Crippen MR) is 163 cm³/mol. The third-order valence-corrected chi connectivity index (χ3v) is 9.82. The third-order valence-electron chi connectivity index (χ3n) is 8.75. The topological polar surface area (TPSA) is 104 Å². The first kappa shape index (κ1) is 28.8. The van der Waals surface area contributed by atoms with Gasteiger partial charge in [-0.25, -0.2) is 4.98 Å². The number of benzene rings is 2. The van der Waals surface area contributed by atoms with Gasteiger partial charge >= 0.3 is 0 Å². The molecule has 3 aromatic rings. The maximum atomic E-state index is 14.2. The van der Waals surface area contributed by atoms with Crippen molar-refractivity contribution in [2.75, 3.05) is 19.7 Å². The Balaban J connectivity index is 1.30. The smallest absolute Gasteiger partial charge is 0.254 e. The summed E-state index contributed by atoms with van der Waals surface area (Å²) < 4.78 is 6.12. The number of hydrogen-bond acceptors (Lipinski definition) is 7. The molecule has 0 unspecified atom stereocenters. The van der Waals surface area contributed by atoms with E-state index in [1.807, 2.05) is 47.5 Å². The van der Waals surface area contributed by atoms with Crippen LogP contribution >= 0.6 is 11.3 Å². The van der Waals surface area contributed by atoms with Gasteiger partial charge in [0.25, 0.3) is 11.8 Å². The first-order valence-corrected chi connectivity index (χ1v) is 16.1. The first-order chi connectivity index (χ1) is 20.5. The number of ether oxygens (including phenoxy) is 1. The van der Waals surface area contributed by atoms with E-state index in [1.165, 1.54) is 0 Å². The number of aryl methyl sites for hydroxylation is 1. The number of carbonyl (C=O) groups excluding carboxylic acids is 2. The molecule has 0 spiro atoms. The van der Waals surface area contributed by atoms with Crippen LogP contribution in [0.2, 0.25) is 0 Å². The van der Waals surface area contributed by atoms with Gasteiger partial charge in [-0.05, 0) is 82.5 Å². The molecular weight excluding hydrogens is 548 g/mol. The van der Waals surface area contributed by atoms with Crippen molar-refractivity contribution < 1.29 is 19.4 Å². The minimum absolute atomic E-state index is 0.0552. The molecule has 2 amide bonds. The number of likely N-dealkylation sites (tertiary alicyclic amines) is 1. The summed E-state index contributed by atoms with van der Waals surface area (Å²) in [5.41, 5.74) is 3.81. The molecule has 0 aliphatic carbocycles. The number of rotatable bonds is 8. The third kappa shape index (κ3) is 6.23. The zero-order chi connectivity index (χ0) is 29.1. The molecule has 2 saturated heterocycles. The van der Waals surface area contributed by atoms with Crippen LogP contribution in [0, 0.1) is 6.92 Å². The van der Waals surface area contributed by atoms with E-state index in [9.17, 15) is 14.7 Å². The van der Waals surface area contributed by atoms with Crippen molar-refractivity contribution in [1.82, 2.24) is 20.5 Å². The molecule has 1 aromatic heterocycles. The van der Waals surface area contributed by atoms with E-state index in [2.05, 4.69) is 10.6 Å². The lowest BCUT2D eigenvalue weighted by Gasteiger charge is -2.29. The van der Waals surface area contributed by atoms with E-state index in [1.54, 1.807) is 23.5 Å². The highest BCUT2D eigenvalue weighted by Crippen LogP contribution is 2.37. The molecular formula is C33H40N4O4S. The maximum Gasteiger partial charge on any atom is 0.254 e. The molecule has 2 fully saturated rings. The van der Waals surface area contributed by atoms with Crippen molar-refractivity contribution >= 4 is 23.2 Å². The minimum atomic E-state index is -0.748. The van der Waals surface area contributed by atoms with Crippen LogP contribution in [0.5, 0.6) is 5.75 Å². The number of fused-ring (bicyclic) bond motifs is 1. The molecule has 4 heterocycles. The van der Waals surface area contributed by atoms with E-state index in [0.29, 0.717) is 36.4 Å². The van der Waals surface area contributed by atoms with Gasteiger partial charge in [0.05, 0.1) is 24.8 Å². The second kappa shape index (κ2) is 12.9. The van der Waals surface area contributed by atoms with E-state index in [0.717, 1.165) is 73.3 Å². The van der Waals surface area contributed by atoms with Crippen LogP contribution < -0.4 is 15.4 Å². The first-order valence-electron chi connectivity index (χ1n) is 15.3. The summed E-state index contributed by atoms with van der Waals surface area (Å²) in [6.07, 6.45) is 5.97. The fourth-order valence-corrected chi connectivity index (χ4v) is 7.49. The van der Waals surface area contributed by atoms with Crippen molar-refractivity contribution in [3.05, 3.63) is 80.8 Å². The van der Waals surface area contributed by atoms with Crippen LogP contribution in [-0.4, -0.2) is 64.7 Å². The Hall–Kier alpha value is -3.27. The van der Waals surface area contributed by atoms with E-state index in [-0.39, 0.29) is 23.9 Å². The second-order valence-electron chi connectivity index (χ2n) is 11.8. The molecule has 3 N–H and O–H groups in total. The van der Waals surface area contributed by atoms with Crippen molar-refractivity contribution in [3.8, 4) is 5.75 Å². The molecule has 222 valence electrons. The van der Waals surface area contributed by atoms with Crippen LogP contribution in [0.25, 0.3) is 0 Å². The molecule has 3 aliphatic heterocycles. The monoisotopic (exact) mass is 588 g/mol. The number of aliphatic hydroxyl groups excluding tert-OH is 1. The molecule has 42 heavy (non-hydrogen) atoms. The molecule has 0 saturated carbocycles. The fraction of sp³-hybridized carbons (Fsp3) is 0.485. The van der Waals surface area contributed by atoms with Gasteiger partial charge in [0.2, 0.25) is 0 Å². The molecule has 0 radical (unpaired) electrons. The van der Waals surface area contributed by atoms with Crippen LogP contribution in [0.3, 0.4) is 0 Å². The highest BCUT2D eigenvalue weighted by molar-refractivity contribution is 7.09. The molecule has 2 aromatic carbocycles. The summed E-state index contributed by atoms with van der Waals surface area (Å²) >= 11 is 1.60. The van der Waals surface area contributed by atoms with Gasteiger partial charge in [0.1, 0.15) is 10.8 Å². The zero-order valence-corrected chi connectivity index (χ0v) is 25.0. The molecule has 4 atom stereocenters. The van der Waals surface area contributed by atoms with Crippen molar-refractivity contribution in [3.63, 3.8) is 0 Å². The molecule has 8 nitrogen and oxygen atoms in total. The van der Waals surface area contributed by atoms with Gasteiger partial charge in [-0.1, -0.05) is 30.3 Å². The molecule has 3 aliphatic rings. The quantitative estimate of drug-likeness (QED) is 0.356. The summed E-state index contributed by atoms with van der Waals surface area (Å²) in [5, 5.41) is 20.9. The number of thiazole rings is 1. The van der Waals surface area contributed by atoms with Crippen molar-refractivity contribution in [2.24, 2.45) is 0 Å². The molecule has 9 heteroatoms. The fourth-order valence-electron chi connectivity index (χ4n) is 6.55. The summed E-state index contributed by atoms with van der Waals surface area (Å²) in [6, 6.07) is 12.8. The Labute approximate surface area is 251 Å². The van der Waals surface area contributed by atoms with Crippen molar-refractivity contribution in [1.29, 1.82) is 0 Å². The number of aliphatic hydroxyl groups is 1. The number of nitrogens with one attached hydrogen (secondary N) is 2. The highest BCUT2D eigenvalue weighted by atomic mass is 32.1. The molecule has 0 bridgehead atoms. The number of aromatic nitrogens is 1. The lowest BCUT2D eigenvalue weighted by molar-refractivity contribution is 0.0732. The largest absolute Gasteiger partial charge is 0.493 e. The Morgan fingerprint density at radius 1 is 1.17 bits per heavy atom. The number of hydrogen-bond donors (Lipinski definition) is 3. The molecule has 6 rings (SSSR count). The summed E-state index contributed by atoms with van der Waals surface area (Å²) in [5.74, 6) is 0.228. The van der Waals surface area contributed by atoms with E-state index < -0.39 is 12.1 Å². The van der Waals surface area contributed by atoms with E-state index in [4.69, 9.17) is 9.72 Å². The number of carbonyl (C=O) groups is 2. The minimum Gasteiger partial charge on any atom is -0.493 e. The zero-order valence-electron chi connectivity index (χ0n) is 24.2. The standard InChI is InChI=1S/C33H40N4O4S/c1-21-20-42-32(35-21)28-13-8-15-37(28)33(40)25-18-23(19-29-24(25)11-5-6-16-41-29)31(39)36-27(17-22-9-3-2-4-10-22)30(38)26-12-7-14-34-26/h2-4,9-10,18-20,26-28,30,34,38H,5-8,11-17H2,1H3,(H,36,39)/t26-,27-,28+,30+/m0/s1. The summed E-state index contributed by atoms with van der Waals surface area (Å²) in [7, 11) is 0. The van der Waals surface area contributed by atoms with Gasteiger partial charge in [0.15, 0.2) is 0 Å². The van der Waals surface area contributed by atoms with Gasteiger partial charge < -0.3 is 25.4 Å². The van der Waals surface area contributed by atoms with Crippen molar-refractivity contribution in [2.45, 2.75) is 82.5 Å². The Morgan fingerprint density at radius 2 is 2.02 bits per heavy atom. The number of nitrogens with zero attached hydrogens (tertiary/aromatic N) is 2. The highest BCUT2D eigenvalue weighted by Gasteiger charge is 2.35. The van der Waals surface area contributed by atoms with Gasteiger partial charge in [-0.2, -0.15) is 0 Å². The predicted octanol–water partition coefficient (Wildman–Crippen LogP) is 4.60. The van der Waals surface area contributed by atoms with E-state index >= 15 is 0 Å². The van der Waals surface area contributed by atoms with Crippen LogP contribution in [0.4, 0.5) is 0 Å². The normalized spacial score (nSPS) is 21.7. The van der Waals surface area contributed by atoms with Crippen LogP contribution in [0.1, 0.15) is 87.1 Å². The second-order valence-corrected chi connectivity index (χ2v) is 12.6. The average Bonchev–Trinajstić information content (AvgIpc) is 3.76. The lowest BCUT2D eigenvalue weighted by Crippen LogP contribution is -2.52. The maximum absolute atomic E-state index is 14.2. The van der Waals surface area contributed by atoms with Gasteiger partial charge in [-0.3, -0.25) is 9.59 Å². The SMILES string of the molecule is Cc1csc([C@H]2CCCN2C(=O)c2cc(C(=O)N[C@@H](Cc3ccccc3)[C@H](O)[C@@H]3CCCN3)cc3c2CCCCO3)n1. The van der Waals surface area contributed by atoms with Gasteiger partial charge in [-0.15, -0.1) is 11.3 Å². The average molecular weight is 589 g/mol. The van der Waals surface area contributed by atoms with Gasteiger partial charge in [0, 0.05) is 40.4 Å². The Morgan fingerprint density at radius 3 is 2.79 bits per heavy atom.